The number of likely N-dealkylation sites (tertiary alicyclic amines) is 1. The second-order valence-corrected chi connectivity index (χ2v) is 6.26. The van der Waals surface area contributed by atoms with Crippen LogP contribution in [-0.2, 0) is 4.79 Å². The standard InChI is InChI=1S/C17H25ClN2O/c1-14(15-9-5-6-10-16(15)18)19-17(21)13-20-11-7-3-2-4-8-12-20/h5-6,9-10,14H,2-4,7-8,11-13H2,1H3,(H,19,21)/t14-/m0/s1. The lowest BCUT2D eigenvalue weighted by atomic mass is 10.1. The van der Waals surface area contributed by atoms with E-state index in [1.807, 2.05) is 31.2 Å². The van der Waals surface area contributed by atoms with Crippen LogP contribution in [0.15, 0.2) is 24.3 Å². The average Bonchev–Trinajstić information content (AvgIpc) is 2.42. The smallest absolute Gasteiger partial charge is 0.234 e. The highest BCUT2D eigenvalue weighted by Crippen LogP contribution is 2.22. The molecule has 0 bridgehead atoms. The maximum atomic E-state index is 12.2. The Morgan fingerprint density at radius 1 is 1.19 bits per heavy atom. The highest BCUT2D eigenvalue weighted by molar-refractivity contribution is 6.31. The van der Waals surface area contributed by atoms with Crippen LogP contribution in [0.4, 0.5) is 0 Å². The van der Waals surface area contributed by atoms with Crippen LogP contribution in [0, 0.1) is 0 Å². The number of carbonyl (C=O) groups is 1. The largest absolute Gasteiger partial charge is 0.348 e. The summed E-state index contributed by atoms with van der Waals surface area (Å²) in [5, 5.41) is 3.76. The first-order chi connectivity index (χ1) is 10.2. The lowest BCUT2D eigenvalue weighted by Gasteiger charge is -2.25. The van der Waals surface area contributed by atoms with E-state index in [9.17, 15) is 4.79 Å². The Labute approximate surface area is 132 Å². The molecule has 1 aliphatic rings. The van der Waals surface area contributed by atoms with Crippen molar-refractivity contribution >= 4 is 17.5 Å². The highest BCUT2D eigenvalue weighted by Gasteiger charge is 2.15. The molecule has 3 nitrogen and oxygen atoms in total. The number of carbonyl (C=O) groups excluding carboxylic acids is 1. The Bertz CT molecular complexity index is 456. The molecule has 1 aromatic carbocycles. The van der Waals surface area contributed by atoms with Gasteiger partial charge >= 0.3 is 0 Å². The van der Waals surface area contributed by atoms with Gasteiger partial charge in [0, 0.05) is 5.02 Å². The average molecular weight is 309 g/mol. The number of benzene rings is 1. The molecule has 1 heterocycles. The third-order valence-electron chi connectivity index (χ3n) is 4.07. The van der Waals surface area contributed by atoms with Gasteiger partial charge in [-0.2, -0.15) is 0 Å². The fourth-order valence-corrected chi connectivity index (χ4v) is 3.16. The number of nitrogens with zero attached hydrogens (tertiary/aromatic N) is 1. The van der Waals surface area contributed by atoms with Gasteiger partial charge in [0.05, 0.1) is 12.6 Å². The molecule has 0 unspecified atom stereocenters. The molecule has 0 radical (unpaired) electrons. The summed E-state index contributed by atoms with van der Waals surface area (Å²) in [5.41, 5.74) is 0.972. The molecule has 0 saturated carbocycles. The van der Waals surface area contributed by atoms with E-state index in [1.165, 1.54) is 32.1 Å². The van der Waals surface area contributed by atoms with Crippen molar-refractivity contribution in [3.63, 3.8) is 0 Å². The molecule has 1 atom stereocenters. The number of hydrogen-bond acceptors (Lipinski definition) is 2. The maximum absolute atomic E-state index is 12.2. The molecule has 1 aliphatic heterocycles. The fourth-order valence-electron chi connectivity index (χ4n) is 2.87. The normalized spacial score (nSPS) is 18.6. The van der Waals surface area contributed by atoms with Crippen molar-refractivity contribution in [2.75, 3.05) is 19.6 Å². The van der Waals surface area contributed by atoms with Gasteiger partial charge in [0.2, 0.25) is 5.91 Å². The van der Waals surface area contributed by atoms with Crippen LogP contribution < -0.4 is 5.32 Å². The van der Waals surface area contributed by atoms with Crippen LogP contribution in [0.25, 0.3) is 0 Å². The van der Waals surface area contributed by atoms with Crippen molar-refractivity contribution in [1.82, 2.24) is 10.2 Å². The SMILES string of the molecule is C[C@H](NC(=O)CN1CCCCCCC1)c1ccccc1Cl. The van der Waals surface area contributed by atoms with Gasteiger partial charge in [0.25, 0.3) is 0 Å². The molecular weight excluding hydrogens is 284 g/mol. The third-order valence-corrected chi connectivity index (χ3v) is 4.41. The van der Waals surface area contributed by atoms with Crippen molar-refractivity contribution in [1.29, 1.82) is 0 Å². The van der Waals surface area contributed by atoms with E-state index in [2.05, 4.69) is 10.2 Å². The summed E-state index contributed by atoms with van der Waals surface area (Å²) in [6, 6.07) is 7.62. The van der Waals surface area contributed by atoms with Crippen molar-refractivity contribution < 1.29 is 4.79 Å². The van der Waals surface area contributed by atoms with Crippen LogP contribution >= 0.6 is 11.6 Å². The first-order valence-electron chi connectivity index (χ1n) is 7.93. The lowest BCUT2D eigenvalue weighted by molar-refractivity contribution is -0.123. The van der Waals surface area contributed by atoms with E-state index in [0.717, 1.165) is 18.7 Å². The first kappa shape index (κ1) is 16.3. The highest BCUT2D eigenvalue weighted by atomic mass is 35.5. The van der Waals surface area contributed by atoms with E-state index >= 15 is 0 Å². The zero-order valence-electron chi connectivity index (χ0n) is 12.8. The summed E-state index contributed by atoms with van der Waals surface area (Å²) in [5.74, 6) is 0.0861. The van der Waals surface area contributed by atoms with Crippen LogP contribution in [0.3, 0.4) is 0 Å². The molecule has 1 saturated heterocycles. The predicted molar refractivity (Wildman–Crippen MR) is 87.5 cm³/mol. The summed E-state index contributed by atoms with van der Waals surface area (Å²) in [6.45, 7) is 4.54. The second kappa shape index (κ2) is 8.40. The van der Waals surface area contributed by atoms with E-state index in [-0.39, 0.29) is 11.9 Å². The summed E-state index contributed by atoms with van der Waals surface area (Å²) < 4.78 is 0. The maximum Gasteiger partial charge on any atom is 0.234 e. The molecule has 116 valence electrons. The topological polar surface area (TPSA) is 32.3 Å². The number of rotatable bonds is 4. The van der Waals surface area contributed by atoms with Gasteiger partial charge < -0.3 is 5.32 Å². The molecule has 0 spiro atoms. The zero-order valence-corrected chi connectivity index (χ0v) is 13.5. The van der Waals surface area contributed by atoms with Crippen molar-refractivity contribution in [3.05, 3.63) is 34.9 Å². The first-order valence-corrected chi connectivity index (χ1v) is 8.31. The van der Waals surface area contributed by atoms with E-state index in [4.69, 9.17) is 11.6 Å². The minimum Gasteiger partial charge on any atom is -0.348 e. The predicted octanol–water partition coefficient (Wildman–Crippen LogP) is 3.78. The fraction of sp³-hybridized carbons (Fsp3) is 0.588. The Kier molecular flexibility index (Phi) is 6.52. The molecule has 21 heavy (non-hydrogen) atoms. The molecule has 2 rings (SSSR count). The summed E-state index contributed by atoms with van der Waals surface area (Å²) >= 11 is 6.17. The minimum absolute atomic E-state index is 0.0547. The number of nitrogens with one attached hydrogen (secondary N) is 1. The van der Waals surface area contributed by atoms with Crippen LogP contribution in [-0.4, -0.2) is 30.4 Å². The van der Waals surface area contributed by atoms with Gasteiger partial charge in [0.15, 0.2) is 0 Å². The molecule has 0 aliphatic carbocycles. The summed E-state index contributed by atoms with van der Waals surface area (Å²) in [4.78, 5) is 14.5. The van der Waals surface area contributed by atoms with E-state index in [0.29, 0.717) is 11.6 Å². The van der Waals surface area contributed by atoms with E-state index < -0.39 is 0 Å². The summed E-state index contributed by atoms with van der Waals surface area (Å²) in [7, 11) is 0. The van der Waals surface area contributed by atoms with Gasteiger partial charge in [-0.05, 0) is 44.5 Å². The molecule has 0 aromatic heterocycles. The second-order valence-electron chi connectivity index (χ2n) is 5.85. The Morgan fingerprint density at radius 3 is 2.48 bits per heavy atom. The Hall–Kier alpha value is -1.06. The van der Waals surface area contributed by atoms with Crippen LogP contribution in [0.2, 0.25) is 5.02 Å². The van der Waals surface area contributed by atoms with Gasteiger partial charge in [0.1, 0.15) is 0 Å². The minimum atomic E-state index is -0.0547. The van der Waals surface area contributed by atoms with Crippen LogP contribution in [0.5, 0.6) is 0 Å². The van der Waals surface area contributed by atoms with Crippen LogP contribution in [0.1, 0.15) is 50.6 Å². The Balaban J connectivity index is 1.84. The third kappa shape index (κ3) is 5.33. The molecule has 1 fully saturated rings. The van der Waals surface area contributed by atoms with Gasteiger partial charge in [-0.3, -0.25) is 9.69 Å². The van der Waals surface area contributed by atoms with E-state index in [1.54, 1.807) is 0 Å². The molecule has 1 amide bonds. The molecular formula is C17H25ClN2O. The molecule has 4 heteroatoms. The van der Waals surface area contributed by atoms with Gasteiger partial charge in [-0.1, -0.05) is 49.1 Å². The van der Waals surface area contributed by atoms with Gasteiger partial charge in [-0.15, -0.1) is 0 Å². The number of amides is 1. The Morgan fingerprint density at radius 2 is 1.81 bits per heavy atom. The van der Waals surface area contributed by atoms with Crippen molar-refractivity contribution in [2.24, 2.45) is 0 Å². The molecule has 1 N–H and O–H groups in total. The van der Waals surface area contributed by atoms with Crippen molar-refractivity contribution in [3.8, 4) is 0 Å². The monoisotopic (exact) mass is 308 g/mol. The number of halogens is 1. The lowest BCUT2D eigenvalue weighted by Crippen LogP contribution is -2.39. The summed E-state index contributed by atoms with van der Waals surface area (Å²) in [6.07, 6.45) is 6.31. The number of hydrogen-bond donors (Lipinski definition) is 1. The quantitative estimate of drug-likeness (QED) is 0.918. The van der Waals surface area contributed by atoms with Crippen molar-refractivity contribution in [2.45, 2.75) is 45.1 Å². The van der Waals surface area contributed by atoms with Gasteiger partial charge in [-0.25, -0.2) is 0 Å². The zero-order chi connectivity index (χ0) is 15.1. The molecule has 1 aromatic rings.